The molecule has 96 valence electrons. The van der Waals surface area contributed by atoms with E-state index in [1.165, 1.54) is 5.56 Å². The average molecular weight is 245 g/mol. The fraction of sp³-hybridized carbons (Fsp3) is 0.400. The summed E-state index contributed by atoms with van der Waals surface area (Å²) < 4.78 is 2.08. The molecule has 0 saturated carbocycles. The number of aryl methyl sites for hydroxylation is 1. The summed E-state index contributed by atoms with van der Waals surface area (Å²) in [6.07, 6.45) is 3.10. The summed E-state index contributed by atoms with van der Waals surface area (Å²) in [6.45, 7) is 7.23. The minimum atomic E-state index is -0.855. The van der Waals surface area contributed by atoms with Gasteiger partial charge in [0.1, 0.15) is 0 Å². The molecular formula is C15H19NO2. The molecule has 0 bridgehead atoms. The lowest BCUT2D eigenvalue weighted by Crippen LogP contribution is -2.02. The van der Waals surface area contributed by atoms with Crippen LogP contribution in [0, 0.1) is 0 Å². The van der Waals surface area contributed by atoms with Crippen LogP contribution in [0.4, 0.5) is 0 Å². The van der Waals surface area contributed by atoms with Crippen LogP contribution in [0.5, 0.6) is 0 Å². The molecule has 18 heavy (non-hydrogen) atoms. The van der Waals surface area contributed by atoms with E-state index in [-0.39, 0.29) is 0 Å². The summed E-state index contributed by atoms with van der Waals surface area (Å²) in [5.41, 5.74) is 2.48. The van der Waals surface area contributed by atoms with E-state index in [2.05, 4.69) is 31.5 Å². The number of hydrogen-bond acceptors (Lipinski definition) is 1. The molecule has 0 aliphatic carbocycles. The van der Waals surface area contributed by atoms with Crippen LogP contribution in [0.1, 0.15) is 49.0 Å². The van der Waals surface area contributed by atoms with Gasteiger partial charge in [0.2, 0.25) is 0 Å². The summed E-state index contributed by atoms with van der Waals surface area (Å²) in [5, 5.41) is 10.4. The Balaban J connectivity index is 2.78. The van der Waals surface area contributed by atoms with Crippen molar-refractivity contribution in [2.75, 3.05) is 0 Å². The van der Waals surface area contributed by atoms with Crippen LogP contribution >= 0.6 is 0 Å². The molecule has 0 aliphatic rings. The van der Waals surface area contributed by atoms with Crippen molar-refractivity contribution < 1.29 is 9.90 Å². The number of benzene rings is 1. The molecule has 2 aromatic rings. The first-order chi connectivity index (χ1) is 8.56. The van der Waals surface area contributed by atoms with Gasteiger partial charge in [-0.1, -0.05) is 32.9 Å². The van der Waals surface area contributed by atoms with Gasteiger partial charge < -0.3 is 9.67 Å². The second-order valence-corrected chi connectivity index (χ2v) is 4.94. The van der Waals surface area contributed by atoms with E-state index in [1.807, 2.05) is 12.1 Å². The van der Waals surface area contributed by atoms with Gasteiger partial charge >= 0.3 is 5.97 Å². The average Bonchev–Trinajstić information content (AvgIpc) is 2.69. The maximum absolute atomic E-state index is 11.3. The molecule has 0 spiro atoms. The fourth-order valence-electron chi connectivity index (χ4n) is 2.44. The van der Waals surface area contributed by atoms with Crippen LogP contribution in [0.25, 0.3) is 10.9 Å². The number of carboxylic acid groups (broad SMARTS) is 1. The number of aromatic nitrogens is 1. The number of hydrogen-bond donors (Lipinski definition) is 1. The first-order valence-corrected chi connectivity index (χ1v) is 6.41. The van der Waals surface area contributed by atoms with Crippen LogP contribution in [0.15, 0.2) is 24.4 Å². The zero-order valence-electron chi connectivity index (χ0n) is 11.1. The normalized spacial score (nSPS) is 11.3. The minimum Gasteiger partial charge on any atom is -0.478 e. The van der Waals surface area contributed by atoms with Gasteiger partial charge in [0.25, 0.3) is 0 Å². The van der Waals surface area contributed by atoms with Crippen LogP contribution in [0.2, 0.25) is 0 Å². The molecule has 2 rings (SSSR count). The van der Waals surface area contributed by atoms with Crippen LogP contribution in [0.3, 0.4) is 0 Å². The van der Waals surface area contributed by atoms with Gasteiger partial charge in [0.05, 0.1) is 11.1 Å². The van der Waals surface area contributed by atoms with E-state index in [4.69, 9.17) is 0 Å². The highest BCUT2D eigenvalue weighted by atomic mass is 16.4. The second-order valence-electron chi connectivity index (χ2n) is 4.94. The van der Waals surface area contributed by atoms with Gasteiger partial charge in [-0.3, -0.25) is 0 Å². The number of carboxylic acids is 1. The van der Waals surface area contributed by atoms with Gasteiger partial charge in [0, 0.05) is 18.1 Å². The maximum atomic E-state index is 11.3. The van der Waals surface area contributed by atoms with Crippen molar-refractivity contribution in [2.24, 2.45) is 0 Å². The molecule has 3 nitrogen and oxygen atoms in total. The lowest BCUT2D eigenvalue weighted by atomic mass is 10.0. The lowest BCUT2D eigenvalue weighted by Gasteiger charge is -2.05. The van der Waals surface area contributed by atoms with Crippen molar-refractivity contribution in [1.82, 2.24) is 4.57 Å². The van der Waals surface area contributed by atoms with Crippen molar-refractivity contribution in [3.8, 4) is 0 Å². The van der Waals surface area contributed by atoms with Crippen LogP contribution in [-0.4, -0.2) is 15.6 Å². The van der Waals surface area contributed by atoms with Crippen molar-refractivity contribution in [1.29, 1.82) is 0 Å². The van der Waals surface area contributed by atoms with E-state index in [9.17, 15) is 9.90 Å². The third-order valence-electron chi connectivity index (χ3n) is 3.25. The molecular weight excluding hydrogens is 226 g/mol. The molecule has 0 radical (unpaired) electrons. The van der Waals surface area contributed by atoms with Gasteiger partial charge in [-0.05, 0) is 24.0 Å². The summed E-state index contributed by atoms with van der Waals surface area (Å²) >= 11 is 0. The third kappa shape index (κ3) is 2.01. The van der Waals surface area contributed by atoms with Gasteiger partial charge in [-0.25, -0.2) is 4.79 Å². The highest BCUT2D eigenvalue weighted by Crippen LogP contribution is 2.30. The predicted octanol–water partition coefficient (Wildman–Crippen LogP) is 3.87. The SMILES string of the molecule is CCCn1cc(C(C)C)c2cccc(C(=O)O)c21. The quantitative estimate of drug-likeness (QED) is 0.888. The Bertz CT molecular complexity index is 581. The number of nitrogens with zero attached hydrogens (tertiary/aromatic N) is 1. The van der Waals surface area contributed by atoms with Gasteiger partial charge in [-0.2, -0.15) is 0 Å². The smallest absolute Gasteiger partial charge is 0.337 e. The number of carbonyl (C=O) groups is 1. The summed E-state index contributed by atoms with van der Waals surface area (Å²) in [7, 11) is 0. The molecule has 1 aromatic carbocycles. The standard InChI is InChI=1S/C15H19NO2/c1-4-8-16-9-13(10(2)3)11-6-5-7-12(14(11)16)15(17)18/h5-7,9-10H,4,8H2,1-3H3,(H,17,18). The Hall–Kier alpha value is -1.77. The van der Waals surface area contributed by atoms with Crippen LogP contribution < -0.4 is 0 Å². The largest absolute Gasteiger partial charge is 0.478 e. The van der Waals surface area contributed by atoms with Crippen molar-refractivity contribution in [2.45, 2.75) is 39.7 Å². The number of rotatable bonds is 4. The zero-order valence-corrected chi connectivity index (χ0v) is 11.1. The summed E-state index contributed by atoms with van der Waals surface area (Å²) in [6, 6.07) is 5.53. The first kappa shape index (κ1) is 12.7. The molecule has 1 heterocycles. The topological polar surface area (TPSA) is 42.2 Å². The van der Waals surface area contributed by atoms with E-state index in [1.54, 1.807) is 6.07 Å². The van der Waals surface area contributed by atoms with E-state index in [0.29, 0.717) is 11.5 Å². The minimum absolute atomic E-state index is 0.396. The molecule has 1 N–H and O–H groups in total. The Kier molecular flexibility index (Phi) is 3.41. The Labute approximate surface area is 107 Å². The van der Waals surface area contributed by atoms with E-state index in [0.717, 1.165) is 23.9 Å². The lowest BCUT2D eigenvalue weighted by molar-refractivity contribution is 0.0698. The molecule has 1 aromatic heterocycles. The Morgan fingerprint density at radius 3 is 2.67 bits per heavy atom. The molecule has 0 saturated heterocycles. The highest BCUT2D eigenvalue weighted by Gasteiger charge is 2.16. The van der Waals surface area contributed by atoms with Gasteiger partial charge in [-0.15, -0.1) is 0 Å². The molecule has 0 atom stereocenters. The molecule has 0 fully saturated rings. The summed E-state index contributed by atoms with van der Waals surface area (Å²) in [4.78, 5) is 11.3. The molecule has 0 unspecified atom stereocenters. The fourth-order valence-corrected chi connectivity index (χ4v) is 2.44. The number of aromatic carboxylic acids is 1. The van der Waals surface area contributed by atoms with Crippen LogP contribution in [-0.2, 0) is 6.54 Å². The molecule has 0 aliphatic heterocycles. The predicted molar refractivity (Wildman–Crippen MR) is 73.3 cm³/mol. The highest BCUT2D eigenvalue weighted by molar-refractivity contribution is 6.03. The van der Waals surface area contributed by atoms with E-state index < -0.39 is 5.97 Å². The zero-order chi connectivity index (χ0) is 13.3. The van der Waals surface area contributed by atoms with Crippen molar-refractivity contribution in [3.63, 3.8) is 0 Å². The Morgan fingerprint density at radius 1 is 1.39 bits per heavy atom. The van der Waals surface area contributed by atoms with Gasteiger partial charge in [0.15, 0.2) is 0 Å². The molecule has 0 amide bonds. The number of para-hydroxylation sites is 1. The molecule has 3 heteroatoms. The first-order valence-electron chi connectivity index (χ1n) is 6.41. The summed E-state index contributed by atoms with van der Waals surface area (Å²) in [5.74, 6) is -0.457. The maximum Gasteiger partial charge on any atom is 0.337 e. The number of fused-ring (bicyclic) bond motifs is 1. The third-order valence-corrected chi connectivity index (χ3v) is 3.25. The second kappa shape index (κ2) is 4.84. The monoisotopic (exact) mass is 245 g/mol. The Morgan fingerprint density at radius 2 is 2.11 bits per heavy atom. The van der Waals surface area contributed by atoms with E-state index >= 15 is 0 Å². The van der Waals surface area contributed by atoms with Crippen molar-refractivity contribution >= 4 is 16.9 Å². The van der Waals surface area contributed by atoms with Crippen molar-refractivity contribution in [3.05, 3.63) is 35.5 Å².